The number of para-hydroxylation sites is 1. The molecule has 1 aliphatic heterocycles. The van der Waals surface area contributed by atoms with Crippen molar-refractivity contribution in [2.75, 3.05) is 5.73 Å². The summed E-state index contributed by atoms with van der Waals surface area (Å²) in [6.07, 6.45) is 1.99. The first kappa shape index (κ1) is 10.3. The van der Waals surface area contributed by atoms with Gasteiger partial charge in [0.15, 0.2) is 5.82 Å². The van der Waals surface area contributed by atoms with Crippen LogP contribution in [-0.2, 0) is 6.42 Å². The summed E-state index contributed by atoms with van der Waals surface area (Å²) in [4.78, 5) is 4.44. The minimum absolute atomic E-state index is 0.551. The number of benzene rings is 1. The topological polar surface area (TPSA) is 77.0 Å². The van der Waals surface area contributed by atoms with E-state index in [2.05, 4.69) is 10.1 Å². The molecule has 0 fully saturated rings. The van der Waals surface area contributed by atoms with Gasteiger partial charge in [-0.15, -0.1) is 5.10 Å². The number of aliphatic hydroxyl groups is 1. The summed E-state index contributed by atoms with van der Waals surface area (Å²) < 4.78 is 1.60. The summed E-state index contributed by atoms with van der Waals surface area (Å²) in [7, 11) is 0. The predicted molar refractivity (Wildman–Crippen MR) is 64.1 cm³/mol. The van der Waals surface area contributed by atoms with Crippen LogP contribution in [0.1, 0.15) is 24.9 Å². The fraction of sp³-hybridized carbons (Fsp3) is 0.333. The number of rotatable bonds is 1. The quantitative estimate of drug-likeness (QED) is 0.725. The Morgan fingerprint density at radius 2 is 2.18 bits per heavy atom. The van der Waals surface area contributed by atoms with E-state index < -0.39 is 6.23 Å². The summed E-state index contributed by atoms with van der Waals surface area (Å²) >= 11 is 0. The van der Waals surface area contributed by atoms with Crippen molar-refractivity contribution in [2.45, 2.75) is 25.5 Å². The fourth-order valence-corrected chi connectivity index (χ4v) is 2.14. The minimum atomic E-state index is -0.551. The van der Waals surface area contributed by atoms with Gasteiger partial charge in [0.2, 0.25) is 0 Å². The lowest BCUT2D eigenvalue weighted by Crippen LogP contribution is -2.18. The van der Waals surface area contributed by atoms with E-state index in [9.17, 15) is 5.11 Å². The molecule has 0 bridgehead atoms. The smallest absolute Gasteiger partial charge is 0.183 e. The van der Waals surface area contributed by atoms with E-state index in [1.165, 1.54) is 0 Å². The number of aromatic nitrogens is 3. The average molecular weight is 230 g/mol. The third-order valence-corrected chi connectivity index (χ3v) is 3.05. The molecule has 1 aromatic carbocycles. The number of hydrogen-bond acceptors (Lipinski definition) is 4. The molecule has 0 aliphatic carbocycles. The molecular formula is C12H14N4O. The molecule has 0 saturated carbocycles. The average Bonchev–Trinajstić information content (AvgIpc) is 2.75. The zero-order valence-electron chi connectivity index (χ0n) is 9.37. The maximum atomic E-state index is 9.82. The normalized spacial score (nSPS) is 19.0. The van der Waals surface area contributed by atoms with Crippen molar-refractivity contribution in [2.24, 2.45) is 0 Å². The molecule has 17 heavy (non-hydrogen) atoms. The Bertz CT molecular complexity index is 549. The molecule has 0 radical (unpaired) electrons. The summed E-state index contributed by atoms with van der Waals surface area (Å²) in [5.41, 5.74) is 7.37. The second-order valence-corrected chi connectivity index (χ2v) is 4.26. The van der Waals surface area contributed by atoms with Crippen LogP contribution in [-0.4, -0.2) is 19.9 Å². The molecule has 5 heteroatoms. The third kappa shape index (κ3) is 1.68. The Balaban J connectivity index is 2.08. The first-order valence-corrected chi connectivity index (χ1v) is 5.74. The Morgan fingerprint density at radius 3 is 2.94 bits per heavy atom. The molecule has 3 rings (SSSR count). The summed E-state index contributed by atoms with van der Waals surface area (Å²) in [5, 5.41) is 14.2. The van der Waals surface area contributed by atoms with Crippen molar-refractivity contribution in [3.8, 4) is 11.4 Å². The van der Waals surface area contributed by atoms with E-state index in [1.807, 2.05) is 24.3 Å². The molecular weight excluding hydrogens is 216 g/mol. The van der Waals surface area contributed by atoms with E-state index in [4.69, 9.17) is 5.73 Å². The van der Waals surface area contributed by atoms with Gasteiger partial charge in [0.1, 0.15) is 12.1 Å². The van der Waals surface area contributed by atoms with E-state index in [-0.39, 0.29) is 0 Å². The third-order valence-electron chi connectivity index (χ3n) is 3.05. The fourth-order valence-electron chi connectivity index (χ4n) is 2.14. The molecule has 1 atom stereocenters. The molecule has 3 N–H and O–H groups in total. The molecule has 0 spiro atoms. The Morgan fingerprint density at radius 1 is 1.35 bits per heavy atom. The zero-order chi connectivity index (χ0) is 11.8. The molecule has 2 aromatic rings. The number of nitrogens with zero attached hydrogens (tertiary/aromatic N) is 3. The largest absolute Gasteiger partial charge is 0.398 e. The first-order valence-electron chi connectivity index (χ1n) is 5.74. The molecule has 1 unspecified atom stereocenters. The van der Waals surface area contributed by atoms with Crippen LogP contribution in [0.2, 0.25) is 0 Å². The highest BCUT2D eigenvalue weighted by Crippen LogP contribution is 2.27. The van der Waals surface area contributed by atoms with Gasteiger partial charge in [-0.05, 0) is 25.0 Å². The lowest BCUT2D eigenvalue weighted by atomic mass is 10.1. The Hall–Kier alpha value is -1.88. The standard InChI is InChI=1S/C12H14N4O/c13-9-5-2-1-4-8(9)12-14-10-6-3-7-11(17)16(10)15-12/h1-2,4-5,11,17H,3,6-7,13H2. The zero-order valence-corrected chi connectivity index (χ0v) is 9.37. The van der Waals surface area contributed by atoms with Gasteiger partial charge in [-0.2, -0.15) is 0 Å². The number of nitrogen functional groups attached to an aromatic ring is 1. The summed E-state index contributed by atoms with van der Waals surface area (Å²) in [6, 6.07) is 7.50. The van der Waals surface area contributed by atoms with Crippen molar-refractivity contribution >= 4 is 5.69 Å². The van der Waals surface area contributed by atoms with Gasteiger partial charge in [0.25, 0.3) is 0 Å². The summed E-state index contributed by atoms with van der Waals surface area (Å²) in [5.74, 6) is 1.43. The highest BCUT2D eigenvalue weighted by atomic mass is 16.3. The van der Waals surface area contributed by atoms with Crippen molar-refractivity contribution in [1.82, 2.24) is 14.8 Å². The van der Waals surface area contributed by atoms with Crippen molar-refractivity contribution < 1.29 is 5.11 Å². The number of hydrogen-bond donors (Lipinski definition) is 2. The van der Waals surface area contributed by atoms with Crippen LogP contribution < -0.4 is 5.73 Å². The molecule has 0 saturated heterocycles. The van der Waals surface area contributed by atoms with Crippen LogP contribution in [0.15, 0.2) is 24.3 Å². The predicted octanol–water partition coefficient (Wildman–Crippen LogP) is 1.35. The van der Waals surface area contributed by atoms with Crippen LogP contribution in [0, 0.1) is 0 Å². The second-order valence-electron chi connectivity index (χ2n) is 4.26. The molecule has 2 heterocycles. The number of aryl methyl sites for hydroxylation is 1. The van der Waals surface area contributed by atoms with Crippen LogP contribution >= 0.6 is 0 Å². The van der Waals surface area contributed by atoms with Crippen LogP contribution in [0.5, 0.6) is 0 Å². The molecule has 5 nitrogen and oxygen atoms in total. The first-order chi connectivity index (χ1) is 8.25. The molecule has 88 valence electrons. The van der Waals surface area contributed by atoms with E-state index in [1.54, 1.807) is 4.68 Å². The van der Waals surface area contributed by atoms with Gasteiger partial charge in [-0.3, -0.25) is 0 Å². The Labute approximate surface area is 98.9 Å². The summed E-state index contributed by atoms with van der Waals surface area (Å²) in [6.45, 7) is 0. The van der Waals surface area contributed by atoms with Gasteiger partial charge in [-0.25, -0.2) is 9.67 Å². The van der Waals surface area contributed by atoms with E-state index in [0.29, 0.717) is 11.5 Å². The van der Waals surface area contributed by atoms with E-state index >= 15 is 0 Å². The van der Waals surface area contributed by atoms with Crippen molar-refractivity contribution in [3.05, 3.63) is 30.1 Å². The van der Waals surface area contributed by atoms with Gasteiger partial charge in [0.05, 0.1) is 0 Å². The maximum absolute atomic E-state index is 9.82. The molecule has 1 aliphatic rings. The van der Waals surface area contributed by atoms with Gasteiger partial charge in [-0.1, -0.05) is 12.1 Å². The van der Waals surface area contributed by atoms with Crippen molar-refractivity contribution in [3.63, 3.8) is 0 Å². The molecule has 1 aromatic heterocycles. The lowest BCUT2D eigenvalue weighted by Gasteiger charge is -2.17. The van der Waals surface area contributed by atoms with Gasteiger partial charge in [0, 0.05) is 17.7 Å². The van der Waals surface area contributed by atoms with Crippen molar-refractivity contribution in [1.29, 1.82) is 0 Å². The lowest BCUT2D eigenvalue weighted by molar-refractivity contribution is 0.0648. The number of nitrogens with two attached hydrogens (primary N) is 1. The van der Waals surface area contributed by atoms with Gasteiger partial charge < -0.3 is 10.8 Å². The maximum Gasteiger partial charge on any atom is 0.183 e. The highest BCUT2D eigenvalue weighted by molar-refractivity contribution is 5.70. The monoisotopic (exact) mass is 230 g/mol. The number of aliphatic hydroxyl groups excluding tert-OH is 1. The Kier molecular flexibility index (Phi) is 2.33. The number of fused-ring (bicyclic) bond motifs is 1. The van der Waals surface area contributed by atoms with Crippen LogP contribution in [0.25, 0.3) is 11.4 Å². The van der Waals surface area contributed by atoms with E-state index in [0.717, 1.165) is 30.7 Å². The SMILES string of the molecule is Nc1ccccc1-c1nc2n(n1)C(O)CCC2. The van der Waals surface area contributed by atoms with Crippen LogP contribution in [0.4, 0.5) is 5.69 Å². The minimum Gasteiger partial charge on any atom is -0.398 e. The highest BCUT2D eigenvalue weighted by Gasteiger charge is 2.21. The second kappa shape index (κ2) is 3.85. The van der Waals surface area contributed by atoms with Crippen LogP contribution in [0.3, 0.4) is 0 Å². The van der Waals surface area contributed by atoms with Gasteiger partial charge >= 0.3 is 0 Å². The molecule has 0 amide bonds. The number of anilines is 1.